The lowest BCUT2D eigenvalue weighted by atomic mass is 9.90. The van der Waals surface area contributed by atoms with Gasteiger partial charge in [0.15, 0.2) is 5.60 Å². The minimum Gasteiger partial charge on any atom is -0.380 e. The van der Waals surface area contributed by atoms with Crippen LogP contribution in [0.4, 0.5) is 13.2 Å². The quantitative estimate of drug-likeness (QED) is 0.866. The molecule has 0 radical (unpaired) electrons. The van der Waals surface area contributed by atoms with Crippen LogP contribution in [0.3, 0.4) is 0 Å². The number of rotatable bonds is 3. The molecule has 7 heteroatoms. The number of alkyl halides is 3. The summed E-state index contributed by atoms with van der Waals surface area (Å²) in [6.07, 6.45) is -4.87. The van der Waals surface area contributed by atoms with Crippen molar-refractivity contribution in [2.24, 2.45) is 0 Å². The van der Waals surface area contributed by atoms with Gasteiger partial charge in [-0.25, -0.2) is 0 Å². The number of piperidine rings is 1. The highest BCUT2D eigenvalue weighted by Crippen LogP contribution is 2.39. The molecule has 0 spiro atoms. The number of nitrogens with zero attached hydrogens (tertiary/aromatic N) is 2. The Balaban J connectivity index is 1.59. The molecule has 3 rings (SSSR count). The lowest BCUT2D eigenvalue weighted by Gasteiger charge is -2.46. The van der Waals surface area contributed by atoms with Gasteiger partial charge in [0.1, 0.15) is 0 Å². The number of carbonyl (C=O) groups excluding carboxylic acids is 1. The van der Waals surface area contributed by atoms with Gasteiger partial charge in [0, 0.05) is 13.1 Å². The molecule has 2 heterocycles. The Labute approximate surface area is 132 Å². The van der Waals surface area contributed by atoms with Crippen LogP contribution in [0.5, 0.6) is 0 Å². The number of benzene rings is 1. The van der Waals surface area contributed by atoms with Crippen LogP contribution in [0.1, 0.15) is 30.9 Å². The Morgan fingerprint density at radius 1 is 1.17 bits per heavy atom. The first-order chi connectivity index (χ1) is 10.8. The Hall–Kier alpha value is -1.60. The van der Waals surface area contributed by atoms with E-state index in [9.17, 15) is 23.1 Å². The van der Waals surface area contributed by atoms with Gasteiger partial charge < -0.3 is 10.0 Å². The second-order valence-electron chi connectivity index (χ2n) is 6.28. The second kappa shape index (κ2) is 5.79. The molecule has 1 atom stereocenters. The summed E-state index contributed by atoms with van der Waals surface area (Å²) in [5.41, 5.74) is -1.56. The van der Waals surface area contributed by atoms with Gasteiger partial charge in [0.25, 0.3) is 0 Å². The average molecular weight is 328 g/mol. The molecule has 1 amide bonds. The van der Waals surface area contributed by atoms with Gasteiger partial charge in [-0.3, -0.25) is 9.69 Å². The highest BCUT2D eigenvalue weighted by Gasteiger charge is 2.54. The van der Waals surface area contributed by atoms with Crippen molar-refractivity contribution in [1.29, 1.82) is 0 Å². The van der Waals surface area contributed by atoms with Gasteiger partial charge in [-0.2, -0.15) is 13.2 Å². The van der Waals surface area contributed by atoms with E-state index in [1.165, 1.54) is 0 Å². The van der Waals surface area contributed by atoms with E-state index in [4.69, 9.17) is 0 Å². The van der Waals surface area contributed by atoms with Gasteiger partial charge in [-0.1, -0.05) is 30.3 Å². The van der Waals surface area contributed by atoms with Crippen LogP contribution in [0.15, 0.2) is 30.3 Å². The van der Waals surface area contributed by atoms with Crippen LogP contribution in [0, 0.1) is 0 Å². The highest BCUT2D eigenvalue weighted by atomic mass is 19.4. The van der Waals surface area contributed by atoms with Crippen LogP contribution in [-0.2, 0) is 4.79 Å². The second-order valence-corrected chi connectivity index (χ2v) is 6.28. The van der Waals surface area contributed by atoms with Crippen molar-refractivity contribution in [2.45, 2.75) is 37.1 Å². The fraction of sp³-hybridized carbons (Fsp3) is 0.562. The predicted octanol–water partition coefficient (Wildman–Crippen LogP) is 2.31. The zero-order valence-electron chi connectivity index (χ0n) is 12.6. The van der Waals surface area contributed by atoms with Gasteiger partial charge >= 0.3 is 6.18 Å². The molecule has 1 aromatic rings. The molecule has 2 saturated heterocycles. The van der Waals surface area contributed by atoms with Crippen LogP contribution >= 0.6 is 0 Å². The number of hydrogen-bond acceptors (Lipinski definition) is 3. The van der Waals surface area contributed by atoms with Crippen LogP contribution in [0.25, 0.3) is 0 Å². The summed E-state index contributed by atoms with van der Waals surface area (Å²) in [6, 6.07) is 9.59. The SMILES string of the molecule is O=C1CC(c2ccccc2)N1CN1CCC(O)(C(F)(F)F)CC1. The molecule has 1 N–H and O–H groups in total. The number of hydrogen-bond donors (Lipinski definition) is 1. The number of β-lactam (4-membered cyclic amide) rings is 1. The van der Waals surface area contributed by atoms with E-state index < -0.39 is 11.8 Å². The van der Waals surface area contributed by atoms with E-state index in [0.717, 1.165) is 5.56 Å². The molecule has 1 unspecified atom stereocenters. The largest absolute Gasteiger partial charge is 0.417 e. The zero-order valence-corrected chi connectivity index (χ0v) is 12.6. The van der Waals surface area contributed by atoms with Gasteiger partial charge in [-0.15, -0.1) is 0 Å². The summed E-state index contributed by atoms with van der Waals surface area (Å²) in [5, 5.41) is 9.68. The van der Waals surface area contributed by atoms with Crippen molar-refractivity contribution in [3.63, 3.8) is 0 Å². The molecule has 2 aliphatic rings. The third-order valence-electron chi connectivity index (χ3n) is 4.81. The Bertz CT molecular complexity index is 568. The zero-order chi connectivity index (χ0) is 16.7. The van der Waals surface area contributed by atoms with Gasteiger partial charge in [0.05, 0.1) is 19.1 Å². The molecule has 2 aliphatic heterocycles. The molecule has 0 bridgehead atoms. The van der Waals surface area contributed by atoms with E-state index >= 15 is 0 Å². The molecule has 126 valence electrons. The lowest BCUT2D eigenvalue weighted by Crippen LogP contribution is -2.57. The van der Waals surface area contributed by atoms with E-state index in [1.54, 1.807) is 9.80 Å². The molecule has 2 fully saturated rings. The van der Waals surface area contributed by atoms with Crippen molar-refractivity contribution in [3.05, 3.63) is 35.9 Å². The molecular weight excluding hydrogens is 309 g/mol. The van der Waals surface area contributed by atoms with Crippen molar-refractivity contribution in [3.8, 4) is 0 Å². The highest BCUT2D eigenvalue weighted by molar-refractivity contribution is 5.83. The summed E-state index contributed by atoms with van der Waals surface area (Å²) in [7, 11) is 0. The molecule has 0 aromatic heterocycles. The maximum Gasteiger partial charge on any atom is 0.417 e. The monoisotopic (exact) mass is 328 g/mol. The predicted molar refractivity (Wildman–Crippen MR) is 77.3 cm³/mol. The van der Waals surface area contributed by atoms with Crippen molar-refractivity contribution < 1.29 is 23.1 Å². The summed E-state index contributed by atoms with van der Waals surface area (Å²) in [4.78, 5) is 15.3. The van der Waals surface area contributed by atoms with Crippen molar-refractivity contribution >= 4 is 5.91 Å². The summed E-state index contributed by atoms with van der Waals surface area (Å²) < 4.78 is 38.4. The first kappa shape index (κ1) is 16.3. The third-order valence-corrected chi connectivity index (χ3v) is 4.81. The van der Waals surface area contributed by atoms with Crippen molar-refractivity contribution in [1.82, 2.24) is 9.80 Å². The molecule has 0 saturated carbocycles. The average Bonchev–Trinajstić information content (AvgIpc) is 2.52. The van der Waals surface area contributed by atoms with Gasteiger partial charge in [0.2, 0.25) is 5.91 Å². The van der Waals surface area contributed by atoms with Crippen molar-refractivity contribution in [2.75, 3.05) is 19.8 Å². The van der Waals surface area contributed by atoms with E-state index in [2.05, 4.69) is 0 Å². The van der Waals surface area contributed by atoms with E-state index in [-0.39, 0.29) is 37.9 Å². The van der Waals surface area contributed by atoms with E-state index in [0.29, 0.717) is 13.1 Å². The third kappa shape index (κ3) is 3.07. The Morgan fingerprint density at radius 3 is 2.30 bits per heavy atom. The van der Waals surface area contributed by atoms with E-state index in [1.807, 2.05) is 30.3 Å². The fourth-order valence-corrected chi connectivity index (χ4v) is 3.17. The summed E-state index contributed by atoms with van der Waals surface area (Å²) >= 11 is 0. The number of amides is 1. The number of halogens is 3. The number of aliphatic hydroxyl groups is 1. The molecule has 23 heavy (non-hydrogen) atoms. The molecule has 4 nitrogen and oxygen atoms in total. The number of likely N-dealkylation sites (tertiary alicyclic amines) is 2. The first-order valence-corrected chi connectivity index (χ1v) is 7.66. The smallest absolute Gasteiger partial charge is 0.380 e. The Morgan fingerprint density at radius 2 is 1.78 bits per heavy atom. The minimum absolute atomic E-state index is 0.00729. The lowest BCUT2D eigenvalue weighted by molar-refractivity contribution is -0.273. The van der Waals surface area contributed by atoms with Crippen LogP contribution in [-0.4, -0.2) is 52.3 Å². The standard InChI is InChI=1S/C16H19F3N2O2/c17-16(18,19)15(23)6-8-20(9-7-15)11-21-13(10-14(21)22)12-4-2-1-3-5-12/h1-5,13,23H,6-11H2. The topological polar surface area (TPSA) is 43.8 Å². The first-order valence-electron chi connectivity index (χ1n) is 7.66. The van der Waals surface area contributed by atoms with Crippen LogP contribution < -0.4 is 0 Å². The molecule has 0 aliphatic carbocycles. The normalized spacial score (nSPS) is 25.3. The molecular formula is C16H19F3N2O2. The maximum absolute atomic E-state index is 12.8. The van der Waals surface area contributed by atoms with Crippen LogP contribution in [0.2, 0.25) is 0 Å². The Kier molecular flexibility index (Phi) is 4.10. The summed E-state index contributed by atoms with van der Waals surface area (Å²) in [6.45, 7) is 0.564. The van der Waals surface area contributed by atoms with Gasteiger partial charge in [-0.05, 0) is 18.4 Å². The minimum atomic E-state index is -4.60. The fourth-order valence-electron chi connectivity index (χ4n) is 3.17. The summed E-state index contributed by atoms with van der Waals surface area (Å²) in [5.74, 6) is 0.00973. The number of carbonyl (C=O) groups is 1. The molecule has 1 aromatic carbocycles. The maximum atomic E-state index is 12.8.